The molecule has 0 nitrogen and oxygen atoms in total. The monoisotopic (exact) mass is 218 g/mol. The molecule has 0 bridgehead atoms. The first kappa shape index (κ1) is 9.57. The van der Waals surface area contributed by atoms with Crippen molar-refractivity contribution in [1.82, 2.24) is 0 Å². The molecule has 1 rings (SSSR count). The van der Waals surface area contributed by atoms with Crippen molar-refractivity contribution in [3.05, 3.63) is 0 Å². The summed E-state index contributed by atoms with van der Waals surface area (Å²) in [5.41, 5.74) is 0.763. The van der Waals surface area contributed by atoms with Gasteiger partial charge in [0.25, 0.3) is 0 Å². The SMILES string of the molecule is CCCCC1(CC)CC1CBr. The maximum Gasteiger partial charge on any atom is 0.00651 e. The van der Waals surface area contributed by atoms with E-state index in [1.54, 1.807) is 0 Å². The standard InChI is InChI=1S/C10H19Br/c1-3-5-6-10(4-2)7-9(10)8-11/h9H,3-8H2,1-2H3. The van der Waals surface area contributed by atoms with Crippen LogP contribution in [0.4, 0.5) is 0 Å². The topological polar surface area (TPSA) is 0 Å². The van der Waals surface area contributed by atoms with Gasteiger partial charge in [0.2, 0.25) is 0 Å². The average Bonchev–Trinajstić information content (AvgIpc) is 2.76. The van der Waals surface area contributed by atoms with Crippen LogP contribution >= 0.6 is 15.9 Å². The second kappa shape index (κ2) is 3.93. The summed E-state index contributed by atoms with van der Waals surface area (Å²) in [4.78, 5) is 0. The molecule has 11 heavy (non-hydrogen) atoms. The number of rotatable bonds is 5. The van der Waals surface area contributed by atoms with Gasteiger partial charge in [-0.3, -0.25) is 0 Å². The molecule has 1 aliphatic rings. The van der Waals surface area contributed by atoms with Crippen molar-refractivity contribution in [2.24, 2.45) is 11.3 Å². The van der Waals surface area contributed by atoms with E-state index >= 15 is 0 Å². The van der Waals surface area contributed by atoms with Crippen LogP contribution in [-0.2, 0) is 0 Å². The van der Waals surface area contributed by atoms with Crippen LogP contribution in [0.3, 0.4) is 0 Å². The van der Waals surface area contributed by atoms with Crippen LogP contribution in [-0.4, -0.2) is 5.33 Å². The first-order valence-electron chi connectivity index (χ1n) is 4.85. The van der Waals surface area contributed by atoms with Crippen LogP contribution in [0, 0.1) is 11.3 Å². The van der Waals surface area contributed by atoms with Crippen molar-refractivity contribution in [3.8, 4) is 0 Å². The highest BCUT2D eigenvalue weighted by atomic mass is 79.9. The third-order valence-corrected chi connectivity index (χ3v) is 4.06. The lowest BCUT2D eigenvalue weighted by Crippen LogP contribution is -2.02. The van der Waals surface area contributed by atoms with Crippen molar-refractivity contribution in [1.29, 1.82) is 0 Å². The van der Waals surface area contributed by atoms with Gasteiger partial charge in [0.05, 0.1) is 0 Å². The predicted molar refractivity (Wildman–Crippen MR) is 54.2 cm³/mol. The molecule has 0 heterocycles. The van der Waals surface area contributed by atoms with Crippen LogP contribution < -0.4 is 0 Å². The molecule has 66 valence electrons. The largest absolute Gasteiger partial charge is 0.0925 e. The van der Waals surface area contributed by atoms with Gasteiger partial charge in [-0.2, -0.15) is 0 Å². The van der Waals surface area contributed by atoms with E-state index in [0.717, 1.165) is 11.3 Å². The minimum absolute atomic E-state index is 0.763. The van der Waals surface area contributed by atoms with Crippen LogP contribution in [0.15, 0.2) is 0 Å². The zero-order chi connectivity index (χ0) is 8.32. The van der Waals surface area contributed by atoms with Gasteiger partial charge in [-0.25, -0.2) is 0 Å². The van der Waals surface area contributed by atoms with Crippen molar-refractivity contribution in [3.63, 3.8) is 0 Å². The molecule has 1 fully saturated rings. The highest BCUT2D eigenvalue weighted by Gasteiger charge is 2.50. The normalized spacial score (nSPS) is 35.7. The predicted octanol–water partition coefficient (Wildman–Crippen LogP) is 3.99. The Kier molecular flexibility index (Phi) is 3.42. The Hall–Kier alpha value is 0.480. The Balaban J connectivity index is 2.27. The Morgan fingerprint density at radius 1 is 1.45 bits per heavy atom. The molecule has 0 amide bonds. The second-order valence-corrected chi connectivity index (χ2v) is 4.52. The maximum absolute atomic E-state index is 3.58. The Morgan fingerprint density at radius 2 is 2.18 bits per heavy atom. The van der Waals surface area contributed by atoms with Gasteiger partial charge < -0.3 is 0 Å². The number of halogens is 1. The molecule has 2 unspecified atom stereocenters. The third kappa shape index (κ3) is 1.99. The zero-order valence-corrected chi connectivity index (χ0v) is 9.28. The van der Waals surface area contributed by atoms with Crippen LogP contribution in [0.5, 0.6) is 0 Å². The first-order valence-corrected chi connectivity index (χ1v) is 5.97. The number of alkyl halides is 1. The molecule has 0 N–H and O–H groups in total. The minimum atomic E-state index is 0.763. The lowest BCUT2D eigenvalue weighted by atomic mass is 9.94. The van der Waals surface area contributed by atoms with E-state index in [1.165, 1.54) is 37.4 Å². The molecule has 0 radical (unpaired) electrons. The number of hydrogen-bond acceptors (Lipinski definition) is 0. The molecule has 0 aliphatic heterocycles. The third-order valence-electron chi connectivity index (χ3n) is 3.28. The molecular formula is C10H19Br. The molecule has 1 aliphatic carbocycles. The number of hydrogen-bond donors (Lipinski definition) is 0. The van der Waals surface area contributed by atoms with Gasteiger partial charge in [-0.1, -0.05) is 49.0 Å². The fourth-order valence-electron chi connectivity index (χ4n) is 2.09. The highest BCUT2D eigenvalue weighted by molar-refractivity contribution is 9.09. The molecule has 0 aromatic rings. The van der Waals surface area contributed by atoms with Crippen molar-refractivity contribution < 1.29 is 0 Å². The summed E-state index contributed by atoms with van der Waals surface area (Å²) in [6.45, 7) is 4.63. The van der Waals surface area contributed by atoms with Gasteiger partial charge in [0, 0.05) is 5.33 Å². The van der Waals surface area contributed by atoms with E-state index in [1.807, 2.05) is 0 Å². The van der Waals surface area contributed by atoms with Crippen LogP contribution in [0.1, 0.15) is 46.0 Å². The lowest BCUT2D eigenvalue weighted by molar-refractivity contribution is 0.400. The van der Waals surface area contributed by atoms with Gasteiger partial charge in [0.15, 0.2) is 0 Å². The van der Waals surface area contributed by atoms with Gasteiger partial charge >= 0.3 is 0 Å². The van der Waals surface area contributed by atoms with E-state index in [-0.39, 0.29) is 0 Å². The Morgan fingerprint density at radius 3 is 2.55 bits per heavy atom. The molecule has 1 saturated carbocycles. The summed E-state index contributed by atoms with van der Waals surface area (Å²) in [6.07, 6.45) is 7.13. The first-order chi connectivity index (χ1) is 5.29. The molecular weight excluding hydrogens is 200 g/mol. The highest BCUT2D eigenvalue weighted by Crippen LogP contribution is 2.59. The molecule has 0 aromatic carbocycles. The zero-order valence-electron chi connectivity index (χ0n) is 7.70. The summed E-state index contributed by atoms with van der Waals surface area (Å²) >= 11 is 3.58. The van der Waals surface area contributed by atoms with Gasteiger partial charge in [-0.15, -0.1) is 0 Å². The fourth-order valence-corrected chi connectivity index (χ4v) is 3.01. The molecule has 0 spiro atoms. The van der Waals surface area contributed by atoms with Crippen molar-refractivity contribution >= 4 is 15.9 Å². The fraction of sp³-hybridized carbons (Fsp3) is 1.00. The summed E-state index contributed by atoms with van der Waals surface area (Å²) in [5, 5.41) is 1.23. The maximum atomic E-state index is 3.58. The summed E-state index contributed by atoms with van der Waals surface area (Å²) < 4.78 is 0. The Labute approximate surface area is 78.9 Å². The molecule has 0 aromatic heterocycles. The van der Waals surface area contributed by atoms with Crippen LogP contribution in [0.25, 0.3) is 0 Å². The van der Waals surface area contributed by atoms with Crippen molar-refractivity contribution in [2.45, 2.75) is 46.0 Å². The van der Waals surface area contributed by atoms with E-state index in [0.29, 0.717) is 0 Å². The molecule has 2 atom stereocenters. The van der Waals surface area contributed by atoms with E-state index in [4.69, 9.17) is 0 Å². The van der Waals surface area contributed by atoms with E-state index < -0.39 is 0 Å². The summed E-state index contributed by atoms with van der Waals surface area (Å²) in [5.74, 6) is 0.999. The van der Waals surface area contributed by atoms with Crippen molar-refractivity contribution in [2.75, 3.05) is 5.33 Å². The average molecular weight is 219 g/mol. The molecule has 1 heteroatoms. The molecule has 0 saturated heterocycles. The van der Waals surface area contributed by atoms with E-state index in [9.17, 15) is 0 Å². The summed E-state index contributed by atoms with van der Waals surface area (Å²) in [6, 6.07) is 0. The van der Waals surface area contributed by atoms with Gasteiger partial charge in [0.1, 0.15) is 0 Å². The smallest absolute Gasteiger partial charge is 0.00651 e. The Bertz CT molecular complexity index is 122. The second-order valence-electron chi connectivity index (χ2n) is 3.87. The lowest BCUT2D eigenvalue weighted by Gasteiger charge is -2.12. The minimum Gasteiger partial charge on any atom is -0.0925 e. The van der Waals surface area contributed by atoms with Gasteiger partial charge in [-0.05, 0) is 24.2 Å². The van der Waals surface area contributed by atoms with Crippen LogP contribution in [0.2, 0.25) is 0 Å². The van der Waals surface area contributed by atoms with E-state index in [2.05, 4.69) is 29.8 Å². The summed E-state index contributed by atoms with van der Waals surface area (Å²) in [7, 11) is 0. The quantitative estimate of drug-likeness (QED) is 0.613. The number of unbranched alkanes of at least 4 members (excludes halogenated alkanes) is 1.